The topological polar surface area (TPSA) is 136 Å². The monoisotopic (exact) mass is 621 g/mol. The second-order valence-corrected chi connectivity index (χ2v) is 11.2. The molecule has 236 valence electrons. The van der Waals surface area contributed by atoms with Crippen molar-refractivity contribution in [1.29, 1.82) is 0 Å². The highest BCUT2D eigenvalue weighted by atomic mass is 19.4. The zero-order valence-corrected chi connectivity index (χ0v) is 24.3. The van der Waals surface area contributed by atoms with Gasteiger partial charge in [-0.25, -0.2) is 14.0 Å². The van der Waals surface area contributed by atoms with E-state index in [2.05, 4.69) is 10.3 Å². The van der Waals surface area contributed by atoms with Crippen molar-refractivity contribution >= 4 is 41.0 Å². The van der Waals surface area contributed by atoms with Crippen LogP contribution in [-0.4, -0.2) is 70.8 Å². The molecule has 1 aliphatic heterocycles. The summed E-state index contributed by atoms with van der Waals surface area (Å²) in [7, 11) is 1.29. The van der Waals surface area contributed by atoms with Crippen molar-refractivity contribution in [2.75, 3.05) is 25.0 Å². The predicted octanol–water partition coefficient (Wildman–Crippen LogP) is 4.13. The number of amides is 5. The number of hydrogen-bond donors (Lipinski definition) is 2. The number of hydrogen-bond acceptors (Lipinski definition) is 6. The number of nitrogens with zero attached hydrogens (tertiary/aromatic N) is 3. The molecular weight excluding hydrogens is 590 g/mol. The molecule has 1 fully saturated rings. The summed E-state index contributed by atoms with van der Waals surface area (Å²) in [5.74, 6) is -4.04. The van der Waals surface area contributed by atoms with E-state index >= 15 is 0 Å². The van der Waals surface area contributed by atoms with Crippen LogP contribution in [-0.2, 0) is 15.8 Å². The lowest BCUT2D eigenvalue weighted by atomic mass is 9.86. The molecule has 1 atom stereocenters. The highest BCUT2D eigenvalue weighted by Gasteiger charge is 2.43. The number of aromatic nitrogens is 1. The van der Waals surface area contributed by atoms with Crippen LogP contribution >= 0.6 is 0 Å². The number of oxazole rings is 1. The lowest BCUT2D eigenvalue weighted by molar-refractivity contribution is -0.138. The minimum Gasteiger partial charge on any atom is -0.408 e. The van der Waals surface area contributed by atoms with E-state index in [1.165, 1.54) is 22.9 Å². The molecule has 0 saturated carbocycles. The summed E-state index contributed by atoms with van der Waals surface area (Å²) in [4.78, 5) is 69.2. The Bertz CT molecular complexity index is 1640. The first kappa shape index (κ1) is 32.2. The third-order valence-electron chi connectivity index (χ3n) is 7.76. The van der Waals surface area contributed by atoms with E-state index in [0.29, 0.717) is 35.8 Å². The molecule has 1 saturated heterocycles. The summed E-state index contributed by atoms with van der Waals surface area (Å²) in [5.41, 5.74) is -2.02. The van der Waals surface area contributed by atoms with Crippen molar-refractivity contribution in [3.05, 3.63) is 63.9 Å². The minimum absolute atomic E-state index is 0.114. The highest BCUT2D eigenvalue weighted by Crippen LogP contribution is 2.36. The number of piperidine rings is 1. The highest BCUT2D eigenvalue weighted by molar-refractivity contribution is 6.00. The first-order valence-electron chi connectivity index (χ1n) is 13.7. The SMILES string of the molecule is CC(C)[C@@H](NC(=O)c1cc(C(F)(F)F)ccc1F)C(=O)N1CCC(C)(N(C(=O)N(C)C=O)c2ccc3[nH]c(=O)oc3c2)CC1. The standard InChI is InChI=1S/C29H31F4N5O6/c1-16(2)23(35-24(40)19-13-17(29(31,32)33)5-7-20(19)30)25(41)37-11-9-28(3,10-12-37)38(27(43)36(4)15-39)18-6-8-21-22(14-18)44-26(42)34-21/h5-8,13-16,23H,9-12H2,1-4H3,(H,34,42)(H,35,40)/t23-/m1/s1. The Labute approximate surface area is 248 Å². The number of carbonyl (C=O) groups excluding carboxylic acids is 4. The Kier molecular flexibility index (Phi) is 8.88. The van der Waals surface area contributed by atoms with Gasteiger partial charge in [-0.2, -0.15) is 13.2 Å². The van der Waals surface area contributed by atoms with Crippen molar-refractivity contribution < 1.29 is 41.2 Å². The van der Waals surface area contributed by atoms with Crippen LogP contribution in [0.2, 0.25) is 0 Å². The van der Waals surface area contributed by atoms with E-state index in [4.69, 9.17) is 4.42 Å². The average Bonchev–Trinajstić information content (AvgIpc) is 3.34. The van der Waals surface area contributed by atoms with E-state index in [1.54, 1.807) is 32.9 Å². The Balaban J connectivity index is 1.55. The van der Waals surface area contributed by atoms with Crippen LogP contribution in [0.5, 0.6) is 0 Å². The first-order valence-corrected chi connectivity index (χ1v) is 13.7. The Morgan fingerprint density at radius 2 is 1.77 bits per heavy atom. The third kappa shape index (κ3) is 6.45. The van der Waals surface area contributed by atoms with E-state index in [-0.39, 0.29) is 31.5 Å². The van der Waals surface area contributed by atoms with Gasteiger partial charge in [-0.15, -0.1) is 0 Å². The lowest BCUT2D eigenvalue weighted by Crippen LogP contribution is -2.61. The normalized spacial score (nSPS) is 15.6. The number of imide groups is 1. The van der Waals surface area contributed by atoms with Crippen molar-refractivity contribution in [2.45, 2.75) is 51.4 Å². The van der Waals surface area contributed by atoms with Crippen molar-refractivity contribution in [3.8, 4) is 0 Å². The van der Waals surface area contributed by atoms with Gasteiger partial charge in [-0.3, -0.25) is 29.2 Å². The molecule has 0 bridgehead atoms. The molecule has 2 N–H and O–H groups in total. The van der Waals surface area contributed by atoms with Crippen LogP contribution in [0.4, 0.5) is 28.0 Å². The summed E-state index contributed by atoms with van der Waals surface area (Å²) in [5, 5.41) is 2.39. The van der Waals surface area contributed by atoms with Gasteiger partial charge < -0.3 is 14.6 Å². The largest absolute Gasteiger partial charge is 0.417 e. The number of rotatable bonds is 7. The molecule has 0 spiro atoms. The third-order valence-corrected chi connectivity index (χ3v) is 7.76. The van der Waals surface area contributed by atoms with E-state index < -0.39 is 64.2 Å². The van der Waals surface area contributed by atoms with E-state index in [9.17, 15) is 41.5 Å². The minimum atomic E-state index is -4.80. The van der Waals surface area contributed by atoms with Crippen molar-refractivity contribution in [2.24, 2.45) is 5.92 Å². The summed E-state index contributed by atoms with van der Waals surface area (Å²) >= 11 is 0. The molecule has 1 aliphatic rings. The maximum absolute atomic E-state index is 14.3. The average molecular weight is 622 g/mol. The molecule has 11 nitrogen and oxygen atoms in total. The quantitative estimate of drug-likeness (QED) is 0.301. The summed E-state index contributed by atoms with van der Waals surface area (Å²) in [6, 6.07) is 4.27. The van der Waals surface area contributed by atoms with Gasteiger partial charge in [-0.1, -0.05) is 13.8 Å². The van der Waals surface area contributed by atoms with Gasteiger partial charge in [0.05, 0.1) is 22.2 Å². The fraction of sp³-hybridized carbons (Fsp3) is 0.414. The molecule has 4 rings (SSSR count). The molecule has 0 unspecified atom stereocenters. The molecule has 3 aromatic rings. The Morgan fingerprint density at radius 1 is 1.11 bits per heavy atom. The molecule has 0 radical (unpaired) electrons. The molecule has 15 heteroatoms. The number of nitrogens with one attached hydrogen (secondary N) is 2. The Hall–Kier alpha value is -4.69. The Morgan fingerprint density at radius 3 is 2.36 bits per heavy atom. The number of aromatic amines is 1. The van der Waals surface area contributed by atoms with E-state index in [1.807, 2.05) is 0 Å². The van der Waals surface area contributed by atoms with Crippen LogP contribution in [0.25, 0.3) is 11.1 Å². The summed E-state index contributed by atoms with van der Waals surface area (Å²) in [6.45, 7) is 5.26. The summed E-state index contributed by atoms with van der Waals surface area (Å²) in [6.07, 6.45) is -3.98. The van der Waals surface area contributed by atoms with Crippen LogP contribution in [0.1, 0.15) is 49.5 Å². The molecular formula is C29H31F4N5O6. The molecule has 0 aliphatic carbocycles. The van der Waals surface area contributed by atoms with Crippen molar-refractivity contribution in [3.63, 3.8) is 0 Å². The molecule has 44 heavy (non-hydrogen) atoms. The van der Waals surface area contributed by atoms with E-state index in [0.717, 1.165) is 4.90 Å². The van der Waals surface area contributed by atoms with Crippen LogP contribution in [0.15, 0.2) is 45.6 Å². The fourth-order valence-electron chi connectivity index (χ4n) is 5.17. The molecule has 1 aromatic heterocycles. The van der Waals surface area contributed by atoms with Gasteiger partial charge in [0.2, 0.25) is 12.3 Å². The lowest BCUT2D eigenvalue weighted by Gasteiger charge is -2.47. The number of urea groups is 1. The smallest absolute Gasteiger partial charge is 0.408 e. The zero-order valence-electron chi connectivity index (χ0n) is 24.3. The van der Waals surface area contributed by atoms with Gasteiger partial charge in [-0.05, 0) is 56.0 Å². The maximum Gasteiger partial charge on any atom is 0.417 e. The van der Waals surface area contributed by atoms with Crippen molar-refractivity contribution in [1.82, 2.24) is 20.1 Å². The van der Waals surface area contributed by atoms with Gasteiger partial charge >= 0.3 is 18.0 Å². The predicted molar refractivity (Wildman–Crippen MR) is 150 cm³/mol. The van der Waals surface area contributed by atoms with Gasteiger partial charge in [0.15, 0.2) is 5.58 Å². The number of H-pyrrole nitrogens is 1. The van der Waals surface area contributed by atoms with Gasteiger partial charge in [0.25, 0.3) is 5.91 Å². The fourth-order valence-corrected chi connectivity index (χ4v) is 5.17. The number of alkyl halides is 3. The van der Waals surface area contributed by atoms with Crippen LogP contribution in [0.3, 0.4) is 0 Å². The number of benzene rings is 2. The number of anilines is 1. The first-order chi connectivity index (χ1) is 20.6. The van der Waals surface area contributed by atoms with Crippen LogP contribution < -0.4 is 16.0 Å². The van der Waals surface area contributed by atoms with Crippen LogP contribution in [0, 0.1) is 11.7 Å². The number of likely N-dealkylation sites (tertiary alicyclic amines) is 1. The maximum atomic E-state index is 14.3. The summed E-state index contributed by atoms with van der Waals surface area (Å²) < 4.78 is 59.0. The second-order valence-electron chi connectivity index (χ2n) is 11.2. The van der Waals surface area contributed by atoms with Gasteiger partial charge in [0.1, 0.15) is 11.9 Å². The molecule has 2 aromatic carbocycles. The molecule has 2 heterocycles. The van der Waals surface area contributed by atoms with Gasteiger partial charge in [0, 0.05) is 31.9 Å². The second kappa shape index (κ2) is 12.1. The number of carbonyl (C=O) groups is 4. The molecule has 5 amide bonds. The number of halogens is 4. The zero-order chi connectivity index (χ0) is 32.6. The number of fused-ring (bicyclic) bond motifs is 1.